The first-order valence-corrected chi connectivity index (χ1v) is 9.01. The van der Waals surface area contributed by atoms with Crippen molar-refractivity contribution in [2.75, 3.05) is 5.33 Å². The van der Waals surface area contributed by atoms with Crippen molar-refractivity contribution < 1.29 is 4.79 Å². The van der Waals surface area contributed by atoms with E-state index in [0.717, 1.165) is 18.2 Å². The first kappa shape index (κ1) is 18.4. The van der Waals surface area contributed by atoms with Gasteiger partial charge in [0.2, 0.25) is 5.24 Å². The maximum absolute atomic E-state index is 10.5. The molecule has 0 saturated carbocycles. The Morgan fingerprint density at radius 3 is 1.33 bits per heavy atom. The summed E-state index contributed by atoms with van der Waals surface area (Å²) in [7, 11) is 0. The van der Waals surface area contributed by atoms with E-state index in [1.807, 2.05) is 0 Å². The summed E-state index contributed by atoms with van der Waals surface area (Å²) in [5.41, 5.74) is 0. The summed E-state index contributed by atoms with van der Waals surface area (Å²) in [6, 6.07) is 0. The second kappa shape index (κ2) is 15.5. The molecule has 0 atom stereocenters. The van der Waals surface area contributed by atoms with E-state index in [-0.39, 0.29) is 5.24 Å². The fourth-order valence-electron chi connectivity index (χ4n) is 2.13. The van der Waals surface area contributed by atoms with Gasteiger partial charge < -0.3 is 0 Å². The average molecular weight is 340 g/mol. The van der Waals surface area contributed by atoms with Gasteiger partial charge in [0.1, 0.15) is 0 Å². The Morgan fingerprint density at radius 1 is 0.667 bits per heavy atom. The molecule has 0 aromatic carbocycles. The standard InChI is InChI=1S/C15H28BrClO/c16-14-12-10-8-6-4-2-1-3-5-7-9-11-13-15(17)18/h1-14H2. The highest BCUT2D eigenvalue weighted by Crippen LogP contribution is 2.12. The van der Waals surface area contributed by atoms with Crippen LogP contribution in [0.2, 0.25) is 0 Å². The zero-order valence-electron chi connectivity index (χ0n) is 11.6. The molecular weight excluding hydrogens is 312 g/mol. The maximum atomic E-state index is 10.5. The monoisotopic (exact) mass is 338 g/mol. The van der Waals surface area contributed by atoms with E-state index in [4.69, 9.17) is 11.6 Å². The van der Waals surface area contributed by atoms with Gasteiger partial charge in [0.15, 0.2) is 0 Å². The van der Waals surface area contributed by atoms with Gasteiger partial charge in [0.05, 0.1) is 0 Å². The van der Waals surface area contributed by atoms with Gasteiger partial charge in [-0.1, -0.05) is 80.1 Å². The van der Waals surface area contributed by atoms with Crippen molar-refractivity contribution in [3.63, 3.8) is 0 Å². The lowest BCUT2D eigenvalue weighted by atomic mass is 10.0. The molecule has 0 aliphatic carbocycles. The number of alkyl halides is 1. The van der Waals surface area contributed by atoms with Gasteiger partial charge in [0.25, 0.3) is 0 Å². The molecule has 0 amide bonds. The molecule has 0 aromatic rings. The fourth-order valence-corrected chi connectivity index (χ4v) is 2.66. The molecular formula is C15H28BrClO. The van der Waals surface area contributed by atoms with Crippen LogP contribution in [0.4, 0.5) is 0 Å². The van der Waals surface area contributed by atoms with Crippen LogP contribution >= 0.6 is 27.5 Å². The van der Waals surface area contributed by atoms with Crippen LogP contribution in [-0.4, -0.2) is 10.6 Å². The number of rotatable bonds is 14. The third-order valence-corrected chi connectivity index (χ3v) is 4.01. The Morgan fingerprint density at radius 2 is 1.00 bits per heavy atom. The molecule has 0 spiro atoms. The van der Waals surface area contributed by atoms with E-state index in [9.17, 15) is 4.79 Å². The molecule has 18 heavy (non-hydrogen) atoms. The first-order valence-electron chi connectivity index (χ1n) is 7.51. The van der Waals surface area contributed by atoms with Gasteiger partial charge in [-0.05, 0) is 24.4 Å². The van der Waals surface area contributed by atoms with E-state index < -0.39 is 0 Å². The quantitative estimate of drug-likeness (QED) is 0.209. The van der Waals surface area contributed by atoms with Gasteiger partial charge in [-0.15, -0.1) is 0 Å². The highest BCUT2D eigenvalue weighted by molar-refractivity contribution is 9.09. The summed E-state index contributed by atoms with van der Waals surface area (Å²) in [6.07, 6.45) is 16.3. The molecule has 0 N–H and O–H groups in total. The van der Waals surface area contributed by atoms with Gasteiger partial charge in [0, 0.05) is 11.8 Å². The highest BCUT2D eigenvalue weighted by atomic mass is 79.9. The first-order chi connectivity index (χ1) is 8.77. The average Bonchev–Trinajstić information content (AvgIpc) is 2.34. The van der Waals surface area contributed by atoms with Crippen molar-refractivity contribution in [1.29, 1.82) is 0 Å². The third kappa shape index (κ3) is 16.4. The lowest BCUT2D eigenvalue weighted by Gasteiger charge is -2.02. The molecule has 0 radical (unpaired) electrons. The van der Waals surface area contributed by atoms with E-state index in [1.54, 1.807) is 0 Å². The molecule has 0 unspecified atom stereocenters. The minimum atomic E-state index is -0.185. The number of carbonyl (C=O) groups excluding carboxylic acids is 1. The smallest absolute Gasteiger partial charge is 0.221 e. The van der Waals surface area contributed by atoms with Gasteiger partial charge >= 0.3 is 0 Å². The number of carbonyl (C=O) groups is 1. The number of hydrogen-bond donors (Lipinski definition) is 0. The van der Waals surface area contributed by atoms with Crippen LogP contribution in [-0.2, 0) is 4.79 Å². The predicted octanol–water partition coefficient (Wildman–Crippen LogP) is 6.22. The van der Waals surface area contributed by atoms with Gasteiger partial charge in [-0.3, -0.25) is 4.79 Å². The number of unbranched alkanes of at least 4 members (excludes halogenated alkanes) is 11. The van der Waals surface area contributed by atoms with Crippen molar-refractivity contribution in [2.45, 2.75) is 83.5 Å². The van der Waals surface area contributed by atoms with Gasteiger partial charge in [-0.25, -0.2) is 0 Å². The Hall–Kier alpha value is 0.440. The second-order valence-corrected chi connectivity index (χ2v) is 6.25. The van der Waals surface area contributed by atoms with Crippen molar-refractivity contribution in [3.05, 3.63) is 0 Å². The zero-order chi connectivity index (χ0) is 13.5. The topological polar surface area (TPSA) is 17.1 Å². The van der Waals surface area contributed by atoms with Crippen molar-refractivity contribution in [2.24, 2.45) is 0 Å². The van der Waals surface area contributed by atoms with Crippen LogP contribution in [0.15, 0.2) is 0 Å². The van der Waals surface area contributed by atoms with Crippen LogP contribution in [0.25, 0.3) is 0 Å². The summed E-state index contributed by atoms with van der Waals surface area (Å²) in [5, 5.41) is 0.970. The Kier molecular flexibility index (Phi) is 15.9. The molecule has 0 rings (SSSR count). The van der Waals surface area contributed by atoms with Crippen LogP contribution in [0.1, 0.15) is 83.5 Å². The molecule has 108 valence electrons. The minimum Gasteiger partial charge on any atom is -0.281 e. The Labute approximate surface area is 126 Å². The van der Waals surface area contributed by atoms with Crippen LogP contribution < -0.4 is 0 Å². The van der Waals surface area contributed by atoms with Crippen LogP contribution in [0.5, 0.6) is 0 Å². The summed E-state index contributed by atoms with van der Waals surface area (Å²) in [6.45, 7) is 0. The molecule has 0 bridgehead atoms. The molecule has 3 heteroatoms. The van der Waals surface area contributed by atoms with Crippen LogP contribution in [0.3, 0.4) is 0 Å². The third-order valence-electron chi connectivity index (χ3n) is 3.26. The van der Waals surface area contributed by atoms with Crippen molar-refractivity contribution in [3.8, 4) is 0 Å². The van der Waals surface area contributed by atoms with Crippen molar-refractivity contribution >= 4 is 32.8 Å². The Bertz CT molecular complexity index is 185. The van der Waals surface area contributed by atoms with Gasteiger partial charge in [-0.2, -0.15) is 0 Å². The molecule has 0 aromatic heterocycles. The van der Waals surface area contributed by atoms with Crippen molar-refractivity contribution in [1.82, 2.24) is 0 Å². The summed E-state index contributed by atoms with van der Waals surface area (Å²) >= 11 is 8.74. The zero-order valence-corrected chi connectivity index (χ0v) is 13.9. The normalized spacial score (nSPS) is 10.8. The molecule has 0 heterocycles. The fraction of sp³-hybridized carbons (Fsp3) is 0.933. The summed E-state index contributed by atoms with van der Waals surface area (Å²) in [5.74, 6) is 0. The largest absolute Gasteiger partial charge is 0.281 e. The molecule has 0 aliphatic heterocycles. The lowest BCUT2D eigenvalue weighted by Crippen LogP contribution is -1.86. The number of halogens is 2. The molecule has 0 aliphatic rings. The summed E-state index contributed by atoms with van der Waals surface area (Å²) in [4.78, 5) is 10.5. The predicted molar refractivity (Wildman–Crippen MR) is 84.7 cm³/mol. The second-order valence-electron chi connectivity index (χ2n) is 5.04. The minimum absolute atomic E-state index is 0.185. The summed E-state index contributed by atoms with van der Waals surface area (Å²) < 4.78 is 0. The lowest BCUT2D eigenvalue weighted by molar-refractivity contribution is -0.111. The SMILES string of the molecule is O=C(Cl)CCCCCCCCCCCCCCBr. The highest BCUT2D eigenvalue weighted by Gasteiger charge is 1.96. The van der Waals surface area contributed by atoms with E-state index in [0.29, 0.717) is 6.42 Å². The molecule has 1 nitrogen and oxygen atoms in total. The van der Waals surface area contributed by atoms with E-state index >= 15 is 0 Å². The molecule has 0 fully saturated rings. The Balaban J connectivity index is 2.92. The molecule has 0 saturated heterocycles. The maximum Gasteiger partial charge on any atom is 0.221 e. The van der Waals surface area contributed by atoms with Crippen LogP contribution in [0, 0.1) is 0 Å². The van der Waals surface area contributed by atoms with E-state index in [2.05, 4.69) is 15.9 Å². The van der Waals surface area contributed by atoms with E-state index in [1.165, 1.54) is 64.2 Å². The number of hydrogen-bond acceptors (Lipinski definition) is 1.